The molecule has 2 N–H and O–H groups in total. The number of aryl methyl sites for hydroxylation is 1. The van der Waals surface area contributed by atoms with E-state index in [1.165, 1.54) is 0 Å². The maximum absolute atomic E-state index is 12.4. The maximum atomic E-state index is 12.4. The Bertz CT molecular complexity index is 927. The Morgan fingerprint density at radius 3 is 2.58 bits per heavy atom. The Hall–Kier alpha value is -3.06. The van der Waals surface area contributed by atoms with Gasteiger partial charge >= 0.3 is 0 Å². The largest absolute Gasteiger partial charge is 0.494 e. The van der Waals surface area contributed by atoms with Crippen LogP contribution in [0, 0.1) is 6.92 Å². The monoisotopic (exact) mass is 425 g/mol. The SMILES string of the molecule is CCOc1cc2c(cc1CNC(=O)CN(C)CC(=O)Nc1ccc(C)cc1)O[C@@H](C)C2. The van der Waals surface area contributed by atoms with E-state index in [-0.39, 0.29) is 31.0 Å². The lowest BCUT2D eigenvalue weighted by molar-refractivity contribution is -0.123. The highest BCUT2D eigenvalue weighted by molar-refractivity contribution is 5.92. The summed E-state index contributed by atoms with van der Waals surface area (Å²) in [6.45, 7) is 7.08. The number of rotatable bonds is 9. The topological polar surface area (TPSA) is 79.9 Å². The number of hydrogen-bond acceptors (Lipinski definition) is 5. The van der Waals surface area contributed by atoms with E-state index in [0.717, 1.165) is 40.3 Å². The summed E-state index contributed by atoms with van der Waals surface area (Å²) in [4.78, 5) is 26.3. The Labute approximate surface area is 183 Å². The van der Waals surface area contributed by atoms with Crippen molar-refractivity contribution in [2.75, 3.05) is 32.1 Å². The van der Waals surface area contributed by atoms with Crippen molar-refractivity contribution in [1.29, 1.82) is 0 Å². The fourth-order valence-corrected chi connectivity index (χ4v) is 3.54. The normalized spacial score (nSPS) is 14.7. The Balaban J connectivity index is 1.50. The van der Waals surface area contributed by atoms with Gasteiger partial charge in [0.05, 0.1) is 19.7 Å². The lowest BCUT2D eigenvalue weighted by atomic mass is 10.1. The molecule has 1 heterocycles. The average molecular weight is 426 g/mol. The van der Waals surface area contributed by atoms with Gasteiger partial charge in [-0.1, -0.05) is 17.7 Å². The highest BCUT2D eigenvalue weighted by Crippen LogP contribution is 2.35. The van der Waals surface area contributed by atoms with Crippen molar-refractivity contribution in [3.05, 3.63) is 53.1 Å². The fourth-order valence-electron chi connectivity index (χ4n) is 3.54. The molecule has 0 spiro atoms. The number of nitrogens with zero attached hydrogens (tertiary/aromatic N) is 1. The molecule has 0 aliphatic carbocycles. The van der Waals surface area contributed by atoms with Crippen molar-refractivity contribution < 1.29 is 19.1 Å². The van der Waals surface area contributed by atoms with E-state index in [1.807, 2.05) is 57.2 Å². The van der Waals surface area contributed by atoms with Gasteiger partial charge in [0.15, 0.2) is 0 Å². The molecule has 0 radical (unpaired) electrons. The summed E-state index contributed by atoms with van der Waals surface area (Å²) in [7, 11) is 1.74. The van der Waals surface area contributed by atoms with Gasteiger partial charge in [0.25, 0.3) is 0 Å². The molecule has 7 nitrogen and oxygen atoms in total. The molecule has 2 aromatic carbocycles. The molecule has 1 aliphatic rings. The van der Waals surface area contributed by atoms with E-state index in [4.69, 9.17) is 9.47 Å². The highest BCUT2D eigenvalue weighted by Gasteiger charge is 2.22. The van der Waals surface area contributed by atoms with Gasteiger partial charge in [-0.25, -0.2) is 0 Å². The van der Waals surface area contributed by atoms with Crippen molar-refractivity contribution in [3.63, 3.8) is 0 Å². The minimum atomic E-state index is -0.164. The van der Waals surface area contributed by atoms with Gasteiger partial charge in [0.1, 0.15) is 17.6 Å². The van der Waals surface area contributed by atoms with Crippen molar-refractivity contribution in [3.8, 4) is 11.5 Å². The van der Waals surface area contributed by atoms with E-state index < -0.39 is 0 Å². The summed E-state index contributed by atoms with van der Waals surface area (Å²) in [5, 5.41) is 5.75. The molecule has 3 rings (SSSR count). The number of carbonyl (C=O) groups is 2. The van der Waals surface area contributed by atoms with Crippen LogP contribution in [0.2, 0.25) is 0 Å². The quantitative estimate of drug-likeness (QED) is 0.646. The van der Waals surface area contributed by atoms with E-state index in [0.29, 0.717) is 13.2 Å². The van der Waals surface area contributed by atoms with Crippen LogP contribution in [0.4, 0.5) is 5.69 Å². The number of benzene rings is 2. The molecule has 166 valence electrons. The maximum Gasteiger partial charge on any atom is 0.238 e. The highest BCUT2D eigenvalue weighted by atomic mass is 16.5. The first-order valence-electron chi connectivity index (χ1n) is 10.6. The zero-order valence-electron chi connectivity index (χ0n) is 18.7. The molecular formula is C24H31N3O4. The molecule has 0 fully saturated rings. The number of fused-ring (bicyclic) bond motifs is 1. The van der Waals surface area contributed by atoms with Crippen molar-refractivity contribution in [2.24, 2.45) is 0 Å². The van der Waals surface area contributed by atoms with Crippen LogP contribution < -0.4 is 20.1 Å². The molecule has 2 aromatic rings. The number of ether oxygens (including phenoxy) is 2. The standard InChI is InChI=1S/C24H31N3O4/c1-5-30-21-11-18-10-17(3)31-22(18)12-19(21)13-25-23(28)14-27(4)15-24(29)26-20-8-6-16(2)7-9-20/h6-9,11-12,17H,5,10,13-15H2,1-4H3,(H,25,28)(H,26,29)/t17-/m0/s1. The third-order valence-corrected chi connectivity index (χ3v) is 5.02. The van der Waals surface area contributed by atoms with Crippen LogP contribution in [0.15, 0.2) is 36.4 Å². The van der Waals surface area contributed by atoms with Gasteiger partial charge in [-0.3, -0.25) is 14.5 Å². The Morgan fingerprint density at radius 1 is 1.16 bits per heavy atom. The molecule has 7 heteroatoms. The fraction of sp³-hybridized carbons (Fsp3) is 0.417. The van der Waals surface area contributed by atoms with Gasteiger partial charge < -0.3 is 20.1 Å². The first-order chi connectivity index (χ1) is 14.8. The summed E-state index contributed by atoms with van der Waals surface area (Å²) >= 11 is 0. The Kier molecular flexibility index (Phi) is 7.52. The number of amides is 2. The van der Waals surface area contributed by atoms with Gasteiger partial charge in [0.2, 0.25) is 11.8 Å². The zero-order chi connectivity index (χ0) is 22.4. The van der Waals surface area contributed by atoms with Crippen LogP contribution in [0.3, 0.4) is 0 Å². The summed E-state index contributed by atoms with van der Waals surface area (Å²) in [6, 6.07) is 11.5. The third-order valence-electron chi connectivity index (χ3n) is 5.02. The Morgan fingerprint density at radius 2 is 1.87 bits per heavy atom. The van der Waals surface area contributed by atoms with Crippen LogP contribution in [-0.2, 0) is 22.6 Å². The number of likely N-dealkylation sites (N-methyl/N-ethyl adjacent to an activating group) is 1. The summed E-state index contributed by atoms with van der Waals surface area (Å²) in [5.41, 5.74) is 3.88. The molecule has 31 heavy (non-hydrogen) atoms. The smallest absolute Gasteiger partial charge is 0.238 e. The second-order valence-corrected chi connectivity index (χ2v) is 8.00. The molecule has 0 saturated heterocycles. The second-order valence-electron chi connectivity index (χ2n) is 8.00. The van der Waals surface area contributed by atoms with Gasteiger partial charge in [-0.05, 0) is 52.1 Å². The van der Waals surface area contributed by atoms with E-state index in [1.54, 1.807) is 11.9 Å². The van der Waals surface area contributed by atoms with Crippen LogP contribution in [0.1, 0.15) is 30.5 Å². The summed E-state index contributed by atoms with van der Waals surface area (Å²) < 4.78 is 11.6. The lowest BCUT2D eigenvalue weighted by Gasteiger charge is -2.17. The van der Waals surface area contributed by atoms with Crippen molar-refractivity contribution in [2.45, 2.75) is 39.8 Å². The molecule has 0 unspecified atom stereocenters. The van der Waals surface area contributed by atoms with Crippen LogP contribution in [0.25, 0.3) is 0 Å². The molecule has 1 atom stereocenters. The molecule has 0 aromatic heterocycles. The first-order valence-corrected chi connectivity index (χ1v) is 10.6. The summed E-state index contributed by atoms with van der Waals surface area (Å²) in [5.74, 6) is 1.29. The van der Waals surface area contributed by atoms with Gasteiger partial charge in [-0.15, -0.1) is 0 Å². The first kappa shape index (κ1) is 22.6. The van der Waals surface area contributed by atoms with E-state index >= 15 is 0 Å². The molecule has 2 amide bonds. The van der Waals surface area contributed by atoms with Crippen LogP contribution in [0.5, 0.6) is 11.5 Å². The van der Waals surface area contributed by atoms with E-state index in [2.05, 4.69) is 10.6 Å². The van der Waals surface area contributed by atoms with Gasteiger partial charge in [-0.2, -0.15) is 0 Å². The molecule has 0 bridgehead atoms. The minimum absolute atomic E-state index is 0.115. The predicted octanol–water partition coefficient (Wildman–Crippen LogP) is 2.90. The second kappa shape index (κ2) is 10.3. The number of nitrogens with one attached hydrogen (secondary N) is 2. The van der Waals surface area contributed by atoms with Gasteiger partial charge in [0, 0.05) is 29.8 Å². The lowest BCUT2D eigenvalue weighted by Crippen LogP contribution is -2.38. The zero-order valence-corrected chi connectivity index (χ0v) is 18.7. The molecule has 0 saturated carbocycles. The summed E-state index contributed by atoms with van der Waals surface area (Å²) in [6.07, 6.45) is 1.01. The average Bonchev–Trinajstić information content (AvgIpc) is 3.06. The molecule has 1 aliphatic heterocycles. The van der Waals surface area contributed by atoms with Crippen molar-refractivity contribution >= 4 is 17.5 Å². The number of hydrogen-bond donors (Lipinski definition) is 2. The molecular weight excluding hydrogens is 394 g/mol. The van der Waals surface area contributed by atoms with Crippen LogP contribution >= 0.6 is 0 Å². The predicted molar refractivity (Wildman–Crippen MR) is 121 cm³/mol. The minimum Gasteiger partial charge on any atom is -0.494 e. The number of anilines is 1. The van der Waals surface area contributed by atoms with Crippen molar-refractivity contribution in [1.82, 2.24) is 10.2 Å². The third kappa shape index (κ3) is 6.46. The van der Waals surface area contributed by atoms with E-state index in [9.17, 15) is 9.59 Å². The van der Waals surface area contributed by atoms with Crippen LogP contribution in [-0.4, -0.2) is 49.6 Å². The number of carbonyl (C=O) groups excluding carboxylic acids is 2.